The van der Waals surface area contributed by atoms with Gasteiger partial charge in [-0.1, -0.05) is 6.07 Å². The molecule has 0 bridgehead atoms. The van der Waals surface area contributed by atoms with Crippen LogP contribution in [0.3, 0.4) is 0 Å². The van der Waals surface area contributed by atoms with Gasteiger partial charge in [-0.05, 0) is 81.0 Å². The minimum atomic E-state index is -0.119. The molecule has 0 radical (unpaired) electrons. The lowest BCUT2D eigenvalue weighted by atomic mass is 9.99. The van der Waals surface area contributed by atoms with Crippen molar-refractivity contribution in [1.29, 1.82) is 0 Å². The van der Waals surface area contributed by atoms with Crippen LogP contribution in [0.5, 0.6) is 0 Å². The molecule has 142 valence electrons. The molecule has 0 spiro atoms. The highest BCUT2D eigenvalue weighted by molar-refractivity contribution is 7.96. The number of nitrogens with one attached hydrogen (secondary N) is 3. The summed E-state index contributed by atoms with van der Waals surface area (Å²) in [6.07, 6.45) is 8.15. The third kappa shape index (κ3) is 3.59. The summed E-state index contributed by atoms with van der Waals surface area (Å²) in [7, 11) is 0. The number of carbonyl (C=O) groups excluding carboxylic acids is 1. The van der Waals surface area contributed by atoms with E-state index in [1.54, 1.807) is 0 Å². The smallest absolute Gasteiger partial charge is 0.307 e. The molecule has 2 aliphatic carbocycles. The van der Waals surface area contributed by atoms with E-state index >= 15 is 0 Å². The normalized spacial score (nSPS) is 21.4. The highest BCUT2D eigenvalue weighted by atomic mass is 32.2. The first-order chi connectivity index (χ1) is 12.6. The number of nitrogens with zero attached hydrogens (tertiary/aromatic N) is 1. The maximum atomic E-state index is 12.4. The summed E-state index contributed by atoms with van der Waals surface area (Å²) in [6.45, 7) is 6.57. The fraction of sp³-hybridized carbons (Fsp3) is 0.650. The average Bonchev–Trinajstić information content (AvgIpc) is 3.21. The Kier molecular flexibility index (Phi) is 5.43. The quantitative estimate of drug-likeness (QED) is 0.527. The van der Waals surface area contributed by atoms with Gasteiger partial charge in [0.1, 0.15) is 0 Å². The molecule has 1 atom stereocenters. The molecule has 3 aliphatic rings. The second-order valence-electron chi connectivity index (χ2n) is 8.01. The van der Waals surface area contributed by atoms with Crippen molar-refractivity contribution in [3.63, 3.8) is 0 Å². The third-order valence-electron chi connectivity index (χ3n) is 6.10. The summed E-state index contributed by atoms with van der Waals surface area (Å²) in [5.74, 6) is 0. The molecule has 1 saturated heterocycles. The molecule has 1 aromatic rings. The molecule has 0 saturated carbocycles. The van der Waals surface area contributed by atoms with Gasteiger partial charge in [0, 0.05) is 43.0 Å². The maximum Gasteiger partial charge on any atom is 0.330 e. The molecule has 1 unspecified atom stereocenters. The Bertz CT molecular complexity index is 659. The SMILES string of the molecule is CC(C)N1CCC1CNSNC(=O)Nc1c2c(cc3c1CCC3)CCC2. The number of likely N-dealkylation sites (tertiary alicyclic amines) is 1. The standard InChI is InChI=1S/C20H30N4OS/c1-13(2)24-10-9-16(24)12-21-26-23-20(25)22-19-17-7-3-5-14(17)11-15-6-4-8-18(15)19/h11,13,16,21H,3-10,12H2,1-2H3,(H2,22,23,25). The molecule has 1 aromatic carbocycles. The van der Waals surface area contributed by atoms with Crippen LogP contribution in [0.2, 0.25) is 0 Å². The highest BCUT2D eigenvalue weighted by Gasteiger charge is 2.29. The van der Waals surface area contributed by atoms with Gasteiger partial charge in [0.05, 0.1) is 0 Å². The molecule has 26 heavy (non-hydrogen) atoms. The summed E-state index contributed by atoms with van der Waals surface area (Å²) in [5, 5.41) is 3.16. The van der Waals surface area contributed by atoms with Crippen molar-refractivity contribution >= 4 is 23.9 Å². The van der Waals surface area contributed by atoms with E-state index < -0.39 is 0 Å². The predicted octanol–water partition coefficient (Wildman–Crippen LogP) is 3.42. The number of fused-ring (bicyclic) bond motifs is 2. The Hall–Kier alpha value is -1.24. The molecule has 5 nitrogen and oxygen atoms in total. The van der Waals surface area contributed by atoms with Gasteiger partial charge in [-0.25, -0.2) is 9.52 Å². The predicted molar refractivity (Wildman–Crippen MR) is 108 cm³/mol. The third-order valence-corrected chi connectivity index (χ3v) is 6.70. The van der Waals surface area contributed by atoms with E-state index in [-0.39, 0.29) is 6.03 Å². The van der Waals surface area contributed by atoms with Crippen LogP contribution in [0.25, 0.3) is 0 Å². The van der Waals surface area contributed by atoms with Crippen molar-refractivity contribution < 1.29 is 4.79 Å². The molecule has 1 heterocycles. The van der Waals surface area contributed by atoms with Crippen molar-refractivity contribution in [2.45, 2.75) is 70.9 Å². The fourth-order valence-electron chi connectivity index (χ4n) is 4.69. The van der Waals surface area contributed by atoms with Crippen molar-refractivity contribution in [2.75, 3.05) is 18.4 Å². The highest BCUT2D eigenvalue weighted by Crippen LogP contribution is 2.38. The summed E-state index contributed by atoms with van der Waals surface area (Å²) >= 11 is 1.30. The van der Waals surface area contributed by atoms with Crippen molar-refractivity contribution in [3.05, 3.63) is 28.3 Å². The number of urea groups is 1. The summed E-state index contributed by atoms with van der Waals surface area (Å²) < 4.78 is 6.19. The van der Waals surface area contributed by atoms with Crippen molar-refractivity contribution in [1.82, 2.24) is 14.3 Å². The van der Waals surface area contributed by atoms with E-state index in [0.717, 1.165) is 37.9 Å². The first kappa shape index (κ1) is 18.1. The van der Waals surface area contributed by atoms with E-state index in [4.69, 9.17) is 0 Å². The van der Waals surface area contributed by atoms with Crippen LogP contribution < -0.4 is 14.8 Å². The number of hydrogen-bond donors (Lipinski definition) is 3. The minimum absolute atomic E-state index is 0.119. The van der Waals surface area contributed by atoms with Crippen molar-refractivity contribution in [3.8, 4) is 0 Å². The summed E-state index contributed by atoms with van der Waals surface area (Å²) in [6, 6.07) is 3.46. The zero-order valence-electron chi connectivity index (χ0n) is 15.9. The van der Waals surface area contributed by atoms with Crippen LogP contribution in [-0.2, 0) is 25.7 Å². The molecule has 3 N–H and O–H groups in total. The Morgan fingerprint density at radius 3 is 2.46 bits per heavy atom. The molecule has 4 rings (SSSR count). The molecular formula is C20H30N4OS. The average molecular weight is 375 g/mol. The van der Waals surface area contributed by atoms with E-state index in [9.17, 15) is 4.79 Å². The van der Waals surface area contributed by atoms with Crippen LogP contribution in [0.15, 0.2) is 6.07 Å². The number of rotatable bonds is 6. The van der Waals surface area contributed by atoms with Gasteiger partial charge in [-0.15, -0.1) is 0 Å². The number of amides is 2. The van der Waals surface area contributed by atoms with Crippen LogP contribution in [0, 0.1) is 0 Å². The molecule has 1 aliphatic heterocycles. The van der Waals surface area contributed by atoms with Crippen LogP contribution in [0.1, 0.15) is 55.4 Å². The fourth-order valence-corrected chi connectivity index (χ4v) is 5.18. The topological polar surface area (TPSA) is 56.4 Å². The molecule has 0 aromatic heterocycles. The second kappa shape index (κ2) is 7.79. The Balaban J connectivity index is 1.29. The molecule has 1 fully saturated rings. The number of carbonyl (C=O) groups is 1. The van der Waals surface area contributed by atoms with Gasteiger partial charge in [0.15, 0.2) is 0 Å². The van der Waals surface area contributed by atoms with Gasteiger partial charge in [0.25, 0.3) is 0 Å². The van der Waals surface area contributed by atoms with E-state index in [2.05, 4.69) is 39.6 Å². The summed E-state index contributed by atoms with van der Waals surface area (Å²) in [5.41, 5.74) is 6.76. The van der Waals surface area contributed by atoms with Crippen LogP contribution in [-0.4, -0.2) is 36.1 Å². The lowest BCUT2D eigenvalue weighted by Crippen LogP contribution is -2.55. The zero-order chi connectivity index (χ0) is 18.1. The number of hydrogen-bond acceptors (Lipinski definition) is 4. The van der Waals surface area contributed by atoms with Gasteiger partial charge in [0.2, 0.25) is 0 Å². The van der Waals surface area contributed by atoms with E-state index in [1.165, 1.54) is 60.2 Å². The van der Waals surface area contributed by atoms with E-state index in [0.29, 0.717) is 12.1 Å². The number of aryl methyl sites for hydroxylation is 2. The molecule has 2 amide bonds. The Morgan fingerprint density at radius 1 is 1.19 bits per heavy atom. The Morgan fingerprint density at radius 2 is 1.88 bits per heavy atom. The van der Waals surface area contributed by atoms with E-state index in [1.807, 2.05) is 0 Å². The van der Waals surface area contributed by atoms with Gasteiger partial charge < -0.3 is 5.32 Å². The lowest BCUT2D eigenvalue weighted by molar-refractivity contribution is 0.0604. The number of benzene rings is 1. The van der Waals surface area contributed by atoms with Gasteiger partial charge in [-0.3, -0.25) is 9.62 Å². The number of anilines is 1. The minimum Gasteiger partial charge on any atom is -0.307 e. The van der Waals surface area contributed by atoms with Crippen LogP contribution in [0.4, 0.5) is 10.5 Å². The van der Waals surface area contributed by atoms with Gasteiger partial charge >= 0.3 is 6.03 Å². The second-order valence-corrected chi connectivity index (χ2v) is 8.71. The molecular weight excluding hydrogens is 344 g/mol. The van der Waals surface area contributed by atoms with Crippen molar-refractivity contribution in [2.24, 2.45) is 0 Å². The largest absolute Gasteiger partial charge is 0.330 e. The lowest BCUT2D eigenvalue weighted by Gasteiger charge is -2.43. The maximum absolute atomic E-state index is 12.4. The summed E-state index contributed by atoms with van der Waals surface area (Å²) in [4.78, 5) is 14.9. The Labute approximate surface area is 160 Å². The first-order valence-corrected chi connectivity index (χ1v) is 10.8. The zero-order valence-corrected chi connectivity index (χ0v) is 16.7. The van der Waals surface area contributed by atoms with Gasteiger partial charge in [-0.2, -0.15) is 0 Å². The first-order valence-electron chi connectivity index (χ1n) is 10.0. The molecule has 6 heteroatoms. The van der Waals surface area contributed by atoms with Crippen LogP contribution >= 0.6 is 12.1 Å². The monoisotopic (exact) mass is 374 g/mol.